The molecule has 0 aliphatic carbocycles. The summed E-state index contributed by atoms with van der Waals surface area (Å²) in [5.74, 6) is -0.281. The van der Waals surface area contributed by atoms with E-state index in [9.17, 15) is 61.0 Å². The van der Waals surface area contributed by atoms with Crippen molar-refractivity contribution < 1.29 is 89.4 Å². The van der Waals surface area contributed by atoms with E-state index >= 15 is 0 Å². The number of aliphatic hydroxyl groups excluding tert-OH is 11. The first-order chi connectivity index (χ1) is 42.3. The van der Waals surface area contributed by atoms with E-state index in [1.807, 2.05) is 6.08 Å². The standard InChI is InChI=1S/C68H127NO18/c1-3-5-7-9-11-13-15-17-19-21-22-23-24-25-26-27-28-29-30-31-33-35-37-39-41-43-45-52(73)51(69-56(74)46-44-42-40-38-36-34-32-20-18-16-14-12-10-8-6-4-2)50-82-66-62(80)59(77)64(54(48-71)84-66)87-68-63(81)60(78)65(55(49-72)85-68)86-67-61(79)58(76)57(75)53(47-70)83-67/h20,32,43,45,51-55,57-68,70-73,75-81H,3-19,21-31,33-42,44,46-50H2,1-2H3,(H,69,74)/b32-20-,45-43+. The molecule has 512 valence electrons. The highest BCUT2D eigenvalue weighted by Crippen LogP contribution is 2.33. The van der Waals surface area contributed by atoms with Gasteiger partial charge < -0.3 is 89.9 Å². The second-order valence-electron chi connectivity index (χ2n) is 25.3. The third-order valence-corrected chi connectivity index (χ3v) is 17.7. The Morgan fingerprint density at radius 2 is 0.724 bits per heavy atom. The first kappa shape index (κ1) is 79.5. The Labute approximate surface area is 524 Å². The average molecular weight is 1250 g/mol. The maximum atomic E-state index is 13.4. The third kappa shape index (κ3) is 33.1. The van der Waals surface area contributed by atoms with Crippen LogP contribution in [0.25, 0.3) is 0 Å². The fourth-order valence-electron chi connectivity index (χ4n) is 12.0. The number of unbranched alkanes of at least 4 members (excludes halogenated alkanes) is 36. The molecule has 0 spiro atoms. The minimum atomic E-state index is -1.98. The molecule has 19 heteroatoms. The number of ether oxygens (including phenoxy) is 6. The molecule has 3 aliphatic heterocycles. The summed E-state index contributed by atoms with van der Waals surface area (Å²) in [5, 5.41) is 120. The molecule has 0 aromatic rings. The van der Waals surface area contributed by atoms with Gasteiger partial charge in [-0.2, -0.15) is 0 Å². The molecule has 87 heavy (non-hydrogen) atoms. The van der Waals surface area contributed by atoms with Crippen molar-refractivity contribution in [2.24, 2.45) is 0 Å². The molecule has 0 aromatic carbocycles. The molecule has 3 aliphatic rings. The van der Waals surface area contributed by atoms with E-state index in [1.54, 1.807) is 6.08 Å². The van der Waals surface area contributed by atoms with Gasteiger partial charge in [0.25, 0.3) is 0 Å². The van der Waals surface area contributed by atoms with Crippen LogP contribution in [0.5, 0.6) is 0 Å². The molecular formula is C68H127NO18. The molecule has 3 fully saturated rings. The number of hydrogen-bond donors (Lipinski definition) is 12. The number of allylic oxidation sites excluding steroid dienone is 3. The summed E-state index contributed by atoms with van der Waals surface area (Å²) >= 11 is 0. The van der Waals surface area contributed by atoms with Gasteiger partial charge in [-0.3, -0.25) is 4.79 Å². The predicted octanol–water partition coefficient (Wildman–Crippen LogP) is 9.05. The fraction of sp³-hybridized carbons (Fsp3) is 0.926. The van der Waals surface area contributed by atoms with Crippen molar-refractivity contribution in [3.63, 3.8) is 0 Å². The van der Waals surface area contributed by atoms with Gasteiger partial charge in [0, 0.05) is 6.42 Å². The zero-order chi connectivity index (χ0) is 63.3. The SMILES string of the molecule is CCCCCCCCC/C=C\CCCCCCCC(=O)NC(COC1OC(CO)C(OC2OC(CO)C(OC3OC(CO)C(O)C(O)C3O)C(O)C2O)C(O)C1O)C(O)/C=C/CCCCCCCCCCCCCCCCCCCCCCCCCC. The quantitative estimate of drug-likeness (QED) is 0.0200. The van der Waals surface area contributed by atoms with E-state index in [2.05, 4.69) is 31.3 Å². The predicted molar refractivity (Wildman–Crippen MR) is 337 cm³/mol. The molecule has 3 saturated heterocycles. The molecule has 17 atom stereocenters. The maximum absolute atomic E-state index is 13.4. The number of carbonyl (C=O) groups excluding carboxylic acids is 1. The fourth-order valence-corrected chi connectivity index (χ4v) is 12.0. The van der Waals surface area contributed by atoms with Gasteiger partial charge in [-0.05, 0) is 44.9 Å². The minimum Gasteiger partial charge on any atom is -0.394 e. The molecule has 1 amide bonds. The van der Waals surface area contributed by atoms with Crippen molar-refractivity contribution in [3.8, 4) is 0 Å². The lowest BCUT2D eigenvalue weighted by Gasteiger charge is -2.48. The van der Waals surface area contributed by atoms with Crippen molar-refractivity contribution >= 4 is 5.91 Å². The molecule has 12 N–H and O–H groups in total. The highest BCUT2D eigenvalue weighted by Gasteiger charge is 2.53. The molecule has 19 nitrogen and oxygen atoms in total. The summed E-state index contributed by atoms with van der Waals surface area (Å²) in [6, 6.07) is -0.976. The van der Waals surface area contributed by atoms with Gasteiger partial charge in [-0.1, -0.05) is 244 Å². The summed E-state index contributed by atoms with van der Waals surface area (Å²) in [7, 11) is 0. The van der Waals surface area contributed by atoms with Crippen molar-refractivity contribution in [1.82, 2.24) is 5.32 Å². The Morgan fingerprint density at radius 3 is 1.11 bits per heavy atom. The topological polar surface area (TPSA) is 307 Å². The number of hydrogen-bond acceptors (Lipinski definition) is 18. The van der Waals surface area contributed by atoms with Crippen LogP contribution in [-0.4, -0.2) is 193 Å². The summed E-state index contributed by atoms with van der Waals surface area (Å²) < 4.78 is 34.3. The Hall–Kier alpha value is -1.73. The molecular weight excluding hydrogens is 1120 g/mol. The lowest BCUT2D eigenvalue weighted by Crippen LogP contribution is -2.66. The minimum absolute atomic E-state index is 0.235. The zero-order valence-corrected chi connectivity index (χ0v) is 54.0. The molecule has 0 saturated carbocycles. The van der Waals surface area contributed by atoms with E-state index in [4.69, 9.17) is 28.4 Å². The van der Waals surface area contributed by atoms with Crippen LogP contribution in [-0.2, 0) is 33.2 Å². The molecule has 0 radical (unpaired) electrons. The van der Waals surface area contributed by atoms with Gasteiger partial charge >= 0.3 is 0 Å². The van der Waals surface area contributed by atoms with E-state index < -0.39 is 124 Å². The number of aliphatic hydroxyl groups is 11. The summed E-state index contributed by atoms with van der Waals surface area (Å²) in [4.78, 5) is 13.4. The maximum Gasteiger partial charge on any atom is 0.220 e. The van der Waals surface area contributed by atoms with Crippen LogP contribution >= 0.6 is 0 Å². The van der Waals surface area contributed by atoms with Gasteiger partial charge in [0.2, 0.25) is 5.91 Å². The first-order valence-electron chi connectivity index (χ1n) is 35.1. The molecule has 17 unspecified atom stereocenters. The lowest BCUT2D eigenvalue weighted by atomic mass is 9.96. The van der Waals surface area contributed by atoms with Gasteiger partial charge in [0.05, 0.1) is 38.6 Å². The van der Waals surface area contributed by atoms with Crippen LogP contribution < -0.4 is 5.32 Å². The summed E-state index contributed by atoms with van der Waals surface area (Å²) in [5.41, 5.74) is 0. The lowest BCUT2D eigenvalue weighted by molar-refractivity contribution is -0.379. The van der Waals surface area contributed by atoms with Crippen LogP contribution in [0.2, 0.25) is 0 Å². The van der Waals surface area contributed by atoms with E-state index in [0.29, 0.717) is 6.42 Å². The normalized spacial score (nSPS) is 28.7. The second kappa shape index (κ2) is 50.8. The van der Waals surface area contributed by atoms with Gasteiger partial charge in [0.1, 0.15) is 73.2 Å². The molecule has 3 heterocycles. The van der Waals surface area contributed by atoms with E-state index in [1.165, 1.54) is 180 Å². The van der Waals surface area contributed by atoms with Crippen LogP contribution in [0.4, 0.5) is 0 Å². The van der Waals surface area contributed by atoms with Gasteiger partial charge in [-0.25, -0.2) is 0 Å². The first-order valence-corrected chi connectivity index (χ1v) is 35.1. The van der Waals surface area contributed by atoms with E-state index in [-0.39, 0.29) is 18.9 Å². The monoisotopic (exact) mass is 1250 g/mol. The largest absolute Gasteiger partial charge is 0.394 e. The number of carbonyl (C=O) groups is 1. The Bertz CT molecular complexity index is 1680. The van der Waals surface area contributed by atoms with Crippen molar-refractivity contribution in [2.45, 2.75) is 375 Å². The van der Waals surface area contributed by atoms with Crippen LogP contribution in [0.3, 0.4) is 0 Å². The average Bonchev–Trinajstić information content (AvgIpc) is 2.88. The van der Waals surface area contributed by atoms with Crippen molar-refractivity contribution in [1.29, 1.82) is 0 Å². The van der Waals surface area contributed by atoms with E-state index in [0.717, 1.165) is 64.2 Å². The van der Waals surface area contributed by atoms with Crippen LogP contribution in [0.15, 0.2) is 24.3 Å². The highest BCUT2D eigenvalue weighted by atomic mass is 16.8. The second-order valence-corrected chi connectivity index (χ2v) is 25.3. The molecule has 0 aromatic heterocycles. The molecule has 0 bridgehead atoms. The van der Waals surface area contributed by atoms with Crippen molar-refractivity contribution in [2.75, 3.05) is 26.4 Å². The third-order valence-electron chi connectivity index (χ3n) is 17.7. The van der Waals surface area contributed by atoms with Gasteiger partial charge in [0.15, 0.2) is 18.9 Å². The van der Waals surface area contributed by atoms with Crippen molar-refractivity contribution in [3.05, 3.63) is 24.3 Å². The number of rotatable bonds is 54. The van der Waals surface area contributed by atoms with Gasteiger partial charge in [-0.15, -0.1) is 0 Å². The Morgan fingerprint density at radius 1 is 0.402 bits per heavy atom. The summed E-state index contributed by atoms with van der Waals surface area (Å²) in [6.07, 6.45) is 30.2. The zero-order valence-electron chi connectivity index (χ0n) is 54.0. The van der Waals surface area contributed by atoms with Crippen LogP contribution in [0, 0.1) is 0 Å². The Balaban J connectivity index is 1.43. The number of nitrogens with one attached hydrogen (secondary N) is 1. The molecule has 3 rings (SSSR count). The summed E-state index contributed by atoms with van der Waals surface area (Å²) in [6.45, 7) is 1.75. The Kier molecular flexibility index (Phi) is 46.4. The number of amides is 1. The van der Waals surface area contributed by atoms with Crippen LogP contribution in [0.1, 0.15) is 271 Å². The smallest absolute Gasteiger partial charge is 0.220 e. The highest BCUT2D eigenvalue weighted by molar-refractivity contribution is 5.76.